The zero-order valence-corrected chi connectivity index (χ0v) is 23.8. The van der Waals surface area contributed by atoms with Gasteiger partial charge in [0, 0.05) is 11.1 Å². The molecule has 0 aliphatic rings. The van der Waals surface area contributed by atoms with Gasteiger partial charge in [-0.05, 0) is 43.2 Å². The molecule has 3 rings (SSSR count). The van der Waals surface area contributed by atoms with Crippen LogP contribution >= 0.6 is 23.2 Å². The van der Waals surface area contributed by atoms with E-state index >= 15 is 0 Å². The SMILES string of the molecule is CCOC(=O)c1cc(N(Cc2ccccc2)C(=O)C(CC)OS(C)(=O)=O)c(C(=O)c2ccccc2Cl)cc1Cl. The molecule has 1 amide bonds. The van der Waals surface area contributed by atoms with Crippen LogP contribution in [0.5, 0.6) is 0 Å². The number of esters is 1. The second-order valence-corrected chi connectivity index (χ2v) is 10.9. The Balaban J connectivity index is 2.29. The van der Waals surface area contributed by atoms with Crippen molar-refractivity contribution in [2.75, 3.05) is 17.8 Å². The number of rotatable bonds is 11. The van der Waals surface area contributed by atoms with Gasteiger partial charge in [-0.15, -0.1) is 0 Å². The Kier molecular flexibility index (Phi) is 10.3. The molecule has 0 spiro atoms. The number of hydrogen-bond acceptors (Lipinski definition) is 7. The van der Waals surface area contributed by atoms with Crippen LogP contribution in [0.25, 0.3) is 0 Å². The molecular weight excluding hydrogens is 565 g/mol. The maximum Gasteiger partial charge on any atom is 0.339 e. The molecule has 0 heterocycles. The van der Waals surface area contributed by atoms with Crippen LogP contribution in [0, 0.1) is 0 Å². The van der Waals surface area contributed by atoms with Crippen molar-refractivity contribution in [2.45, 2.75) is 32.9 Å². The van der Waals surface area contributed by atoms with E-state index in [4.69, 9.17) is 32.1 Å². The summed E-state index contributed by atoms with van der Waals surface area (Å²) < 4.78 is 34.1. The zero-order chi connectivity index (χ0) is 28.7. The van der Waals surface area contributed by atoms with Crippen molar-refractivity contribution in [1.29, 1.82) is 0 Å². The van der Waals surface area contributed by atoms with Gasteiger partial charge in [0.1, 0.15) is 0 Å². The summed E-state index contributed by atoms with van der Waals surface area (Å²) in [6, 6.07) is 17.8. The molecule has 0 aliphatic heterocycles. The van der Waals surface area contributed by atoms with Crippen LogP contribution in [-0.4, -0.2) is 45.0 Å². The van der Waals surface area contributed by atoms with Gasteiger partial charge in [-0.2, -0.15) is 8.42 Å². The van der Waals surface area contributed by atoms with E-state index in [1.807, 2.05) is 0 Å². The molecule has 39 heavy (non-hydrogen) atoms. The quantitative estimate of drug-likeness (QED) is 0.160. The Bertz CT molecular complexity index is 1480. The Morgan fingerprint density at radius 3 is 2.10 bits per heavy atom. The van der Waals surface area contributed by atoms with Crippen LogP contribution in [0.3, 0.4) is 0 Å². The fourth-order valence-corrected chi connectivity index (χ4v) is 4.94. The minimum Gasteiger partial charge on any atom is -0.462 e. The molecule has 0 bridgehead atoms. The van der Waals surface area contributed by atoms with Gasteiger partial charge in [-0.3, -0.25) is 13.8 Å². The summed E-state index contributed by atoms with van der Waals surface area (Å²) in [5.41, 5.74) is 0.722. The fraction of sp³-hybridized carbons (Fsp3) is 0.250. The second kappa shape index (κ2) is 13.2. The van der Waals surface area contributed by atoms with Crippen LogP contribution in [0.2, 0.25) is 10.0 Å². The smallest absolute Gasteiger partial charge is 0.339 e. The summed E-state index contributed by atoms with van der Waals surface area (Å²) in [6.45, 7) is 3.21. The van der Waals surface area contributed by atoms with E-state index in [2.05, 4.69) is 0 Å². The number of benzene rings is 3. The molecule has 3 aromatic carbocycles. The highest BCUT2D eigenvalue weighted by molar-refractivity contribution is 7.86. The average molecular weight is 592 g/mol. The summed E-state index contributed by atoms with van der Waals surface area (Å²) in [5, 5.41) is 0.103. The first kappa shape index (κ1) is 30.3. The Morgan fingerprint density at radius 2 is 1.51 bits per heavy atom. The van der Waals surface area contributed by atoms with Crippen LogP contribution < -0.4 is 4.90 Å². The topological polar surface area (TPSA) is 107 Å². The third-order valence-corrected chi connectivity index (χ3v) is 6.85. The predicted molar refractivity (Wildman–Crippen MR) is 150 cm³/mol. The van der Waals surface area contributed by atoms with Crippen molar-refractivity contribution >= 4 is 56.7 Å². The lowest BCUT2D eigenvalue weighted by atomic mass is 9.98. The third kappa shape index (κ3) is 7.67. The number of ether oxygens (including phenoxy) is 1. The van der Waals surface area contributed by atoms with Gasteiger partial charge in [0.05, 0.1) is 40.7 Å². The number of anilines is 1. The van der Waals surface area contributed by atoms with Gasteiger partial charge in [-0.25, -0.2) is 4.79 Å². The molecule has 0 radical (unpaired) electrons. The fourth-order valence-electron chi connectivity index (χ4n) is 3.84. The molecule has 0 N–H and O–H groups in total. The lowest BCUT2D eigenvalue weighted by Crippen LogP contribution is -2.41. The van der Waals surface area contributed by atoms with E-state index in [-0.39, 0.29) is 52.0 Å². The van der Waals surface area contributed by atoms with E-state index in [1.165, 1.54) is 23.1 Å². The van der Waals surface area contributed by atoms with Crippen molar-refractivity contribution in [3.05, 3.63) is 99.0 Å². The molecule has 1 atom stereocenters. The summed E-state index contributed by atoms with van der Waals surface area (Å²) in [6.07, 6.45) is -0.532. The maximum atomic E-state index is 13.9. The van der Waals surface area contributed by atoms with E-state index in [1.54, 1.807) is 62.4 Å². The molecular formula is C28H27Cl2NO7S. The number of hydrogen-bond donors (Lipinski definition) is 0. The minimum absolute atomic E-state index is 0.0109. The summed E-state index contributed by atoms with van der Waals surface area (Å²) in [5.74, 6) is -2.06. The zero-order valence-electron chi connectivity index (χ0n) is 21.5. The lowest BCUT2D eigenvalue weighted by Gasteiger charge is -2.29. The first-order valence-corrected chi connectivity index (χ1v) is 14.6. The molecule has 0 aliphatic carbocycles. The Morgan fingerprint density at radius 1 is 0.872 bits per heavy atom. The highest BCUT2D eigenvalue weighted by Gasteiger charge is 2.32. The highest BCUT2D eigenvalue weighted by Crippen LogP contribution is 2.34. The van der Waals surface area contributed by atoms with Crippen LogP contribution in [0.15, 0.2) is 66.7 Å². The first-order valence-electron chi connectivity index (χ1n) is 12.0. The normalized spacial score (nSPS) is 12.0. The Labute approximate surface area is 237 Å². The molecule has 0 saturated heterocycles. The van der Waals surface area contributed by atoms with E-state index in [0.29, 0.717) is 5.56 Å². The molecule has 0 saturated carbocycles. The number of carbonyl (C=O) groups excluding carboxylic acids is 3. The van der Waals surface area contributed by atoms with Crippen molar-refractivity contribution in [3.8, 4) is 0 Å². The number of carbonyl (C=O) groups is 3. The standard InChI is InChI=1S/C28H27Cl2NO7S/c1-4-25(38-39(3,35)36)27(33)31(17-18-11-7-6-8-12-18)24-16-20(28(34)37-5-2)23(30)15-21(24)26(32)19-13-9-10-14-22(19)29/h6-16,25H,4-5,17H2,1-3H3. The van der Waals surface area contributed by atoms with Crippen molar-refractivity contribution in [1.82, 2.24) is 0 Å². The summed E-state index contributed by atoms with van der Waals surface area (Å²) in [7, 11) is -4.01. The van der Waals surface area contributed by atoms with Crippen molar-refractivity contribution in [2.24, 2.45) is 0 Å². The predicted octanol–water partition coefficient (Wildman–Crippen LogP) is 5.69. The number of amides is 1. The van der Waals surface area contributed by atoms with Gasteiger partial charge in [0.15, 0.2) is 11.9 Å². The Hall–Kier alpha value is -3.24. The largest absolute Gasteiger partial charge is 0.462 e. The van der Waals surface area contributed by atoms with Gasteiger partial charge >= 0.3 is 5.97 Å². The van der Waals surface area contributed by atoms with Gasteiger partial charge < -0.3 is 9.64 Å². The van der Waals surface area contributed by atoms with E-state index in [9.17, 15) is 22.8 Å². The average Bonchev–Trinajstić information content (AvgIpc) is 2.90. The summed E-state index contributed by atoms with van der Waals surface area (Å²) >= 11 is 12.7. The second-order valence-electron chi connectivity index (χ2n) is 8.49. The first-order chi connectivity index (χ1) is 18.5. The molecule has 0 aromatic heterocycles. The van der Waals surface area contributed by atoms with Crippen LogP contribution in [0.4, 0.5) is 5.69 Å². The highest BCUT2D eigenvalue weighted by atomic mass is 35.5. The van der Waals surface area contributed by atoms with Gasteiger partial charge in [-0.1, -0.05) is 72.6 Å². The molecule has 8 nitrogen and oxygen atoms in total. The number of halogens is 2. The van der Waals surface area contributed by atoms with E-state index in [0.717, 1.165) is 6.26 Å². The molecule has 1 unspecified atom stereocenters. The van der Waals surface area contributed by atoms with Crippen LogP contribution in [0.1, 0.15) is 52.1 Å². The van der Waals surface area contributed by atoms with E-state index < -0.39 is 33.9 Å². The minimum atomic E-state index is -4.01. The molecule has 0 fully saturated rings. The number of nitrogens with zero attached hydrogens (tertiary/aromatic N) is 1. The maximum absolute atomic E-state index is 13.9. The summed E-state index contributed by atoms with van der Waals surface area (Å²) in [4.78, 5) is 41.6. The van der Waals surface area contributed by atoms with Crippen LogP contribution in [-0.2, 0) is 30.4 Å². The van der Waals surface area contributed by atoms with Crippen molar-refractivity contribution < 1.29 is 31.7 Å². The van der Waals surface area contributed by atoms with Crippen molar-refractivity contribution in [3.63, 3.8) is 0 Å². The van der Waals surface area contributed by atoms with Gasteiger partial charge in [0.2, 0.25) is 0 Å². The third-order valence-electron chi connectivity index (χ3n) is 5.62. The molecule has 3 aromatic rings. The lowest BCUT2D eigenvalue weighted by molar-refractivity contribution is -0.125. The number of ketones is 1. The monoisotopic (exact) mass is 591 g/mol. The molecule has 11 heteroatoms. The molecule has 206 valence electrons. The van der Waals surface area contributed by atoms with Gasteiger partial charge in [0.25, 0.3) is 16.0 Å².